The number of piperidine rings is 1. The molecule has 1 aliphatic heterocycles. The molecule has 1 fully saturated rings. The number of amides is 1. The number of carbonyl (C=O) groups is 1. The van der Waals surface area contributed by atoms with Crippen molar-refractivity contribution < 1.29 is 19.0 Å². The molecular weight excluding hydrogens is 359 g/mol. The van der Waals surface area contributed by atoms with E-state index in [2.05, 4.69) is 4.90 Å². The molecule has 1 N–H and O–H groups in total. The summed E-state index contributed by atoms with van der Waals surface area (Å²) >= 11 is 0. The summed E-state index contributed by atoms with van der Waals surface area (Å²) in [6, 6.07) is 13.3. The van der Waals surface area contributed by atoms with E-state index >= 15 is 0 Å². The van der Waals surface area contributed by atoms with E-state index in [4.69, 9.17) is 4.74 Å². The van der Waals surface area contributed by atoms with Crippen LogP contribution in [0, 0.1) is 17.7 Å². The van der Waals surface area contributed by atoms with Gasteiger partial charge in [-0.3, -0.25) is 9.69 Å². The molecule has 0 unspecified atom stereocenters. The Morgan fingerprint density at radius 1 is 1.21 bits per heavy atom. The maximum Gasteiger partial charge on any atom is 0.226 e. The molecule has 0 aliphatic carbocycles. The summed E-state index contributed by atoms with van der Waals surface area (Å²) in [6.45, 7) is 2.63. The van der Waals surface area contributed by atoms with Crippen molar-refractivity contribution in [2.75, 3.05) is 33.8 Å². The third-order valence-electron chi connectivity index (χ3n) is 5.03. The van der Waals surface area contributed by atoms with Crippen LogP contribution in [0.25, 0.3) is 0 Å². The van der Waals surface area contributed by atoms with Crippen molar-refractivity contribution in [3.05, 3.63) is 59.9 Å². The normalized spacial score (nSPS) is 20.0. The van der Waals surface area contributed by atoms with Gasteiger partial charge in [0.15, 0.2) is 0 Å². The fraction of sp³-hybridized carbons (Fsp3) is 0.409. The van der Waals surface area contributed by atoms with Gasteiger partial charge in [-0.25, -0.2) is 4.39 Å². The number of carbonyl (C=O) groups excluding carboxylic acids is 1. The average molecular weight is 386 g/mol. The lowest BCUT2D eigenvalue weighted by Gasteiger charge is -2.38. The van der Waals surface area contributed by atoms with Crippen molar-refractivity contribution in [1.29, 1.82) is 0 Å². The van der Waals surface area contributed by atoms with Gasteiger partial charge in [0, 0.05) is 45.7 Å². The maximum absolute atomic E-state index is 13.4. The van der Waals surface area contributed by atoms with Crippen LogP contribution in [-0.2, 0) is 11.3 Å². The van der Waals surface area contributed by atoms with Gasteiger partial charge in [0.05, 0.1) is 12.5 Å². The van der Waals surface area contributed by atoms with Crippen LogP contribution < -0.4 is 4.74 Å². The number of nitrogens with zero attached hydrogens (tertiary/aromatic N) is 2. The second-order valence-electron chi connectivity index (χ2n) is 7.66. The first-order chi connectivity index (χ1) is 13.4. The minimum atomic E-state index is -0.323. The van der Waals surface area contributed by atoms with E-state index in [-0.39, 0.29) is 29.3 Å². The third kappa shape index (κ3) is 5.45. The van der Waals surface area contributed by atoms with Crippen molar-refractivity contribution in [2.24, 2.45) is 11.8 Å². The molecule has 3 rings (SSSR count). The molecule has 28 heavy (non-hydrogen) atoms. The number of hydrogen-bond donors (Lipinski definition) is 1. The van der Waals surface area contributed by atoms with Crippen molar-refractivity contribution in [3.63, 3.8) is 0 Å². The average Bonchev–Trinajstić information content (AvgIpc) is 2.67. The molecule has 0 aromatic heterocycles. The first-order valence-electron chi connectivity index (χ1n) is 9.50. The zero-order valence-corrected chi connectivity index (χ0v) is 16.3. The second kappa shape index (κ2) is 9.06. The van der Waals surface area contributed by atoms with E-state index in [0.29, 0.717) is 25.4 Å². The van der Waals surface area contributed by atoms with Crippen LogP contribution in [0.2, 0.25) is 0 Å². The van der Waals surface area contributed by atoms with Crippen molar-refractivity contribution in [1.82, 2.24) is 9.80 Å². The summed E-state index contributed by atoms with van der Waals surface area (Å²) in [5.74, 6) is 0.613. The summed E-state index contributed by atoms with van der Waals surface area (Å²) in [5.41, 5.74) is 1.08. The van der Waals surface area contributed by atoms with Crippen molar-refractivity contribution in [2.45, 2.75) is 13.0 Å². The SMILES string of the molecule is CN(C)C(=O)[C@@H]1C[C@H](COc2cccc(F)c2)CN(Cc2ccc(O)cc2)C1. The van der Waals surface area contributed by atoms with Gasteiger partial charge < -0.3 is 14.7 Å². The molecule has 0 saturated carbocycles. The molecule has 0 spiro atoms. The number of likely N-dealkylation sites (tertiary alicyclic amines) is 1. The van der Waals surface area contributed by atoms with Crippen molar-refractivity contribution >= 4 is 5.91 Å². The summed E-state index contributed by atoms with van der Waals surface area (Å²) < 4.78 is 19.2. The Labute approximate surface area is 165 Å². The van der Waals surface area contributed by atoms with Gasteiger partial charge in [-0.15, -0.1) is 0 Å². The number of ether oxygens (including phenoxy) is 1. The van der Waals surface area contributed by atoms with E-state index in [1.54, 1.807) is 43.3 Å². The van der Waals surface area contributed by atoms with E-state index < -0.39 is 0 Å². The van der Waals surface area contributed by atoms with Crippen LogP contribution in [0.3, 0.4) is 0 Å². The Kier molecular flexibility index (Phi) is 6.52. The number of benzene rings is 2. The molecule has 1 saturated heterocycles. The third-order valence-corrected chi connectivity index (χ3v) is 5.03. The Balaban J connectivity index is 1.67. The van der Waals surface area contributed by atoms with Gasteiger partial charge in [0.2, 0.25) is 5.91 Å². The van der Waals surface area contributed by atoms with E-state index in [9.17, 15) is 14.3 Å². The van der Waals surface area contributed by atoms with Crippen LogP contribution >= 0.6 is 0 Å². The molecule has 1 aliphatic rings. The molecule has 0 bridgehead atoms. The van der Waals surface area contributed by atoms with Crippen LogP contribution in [0.15, 0.2) is 48.5 Å². The van der Waals surface area contributed by atoms with Crippen LogP contribution in [-0.4, -0.2) is 54.6 Å². The highest BCUT2D eigenvalue weighted by atomic mass is 19.1. The van der Waals surface area contributed by atoms with Crippen molar-refractivity contribution in [3.8, 4) is 11.5 Å². The van der Waals surface area contributed by atoms with E-state index in [0.717, 1.165) is 18.5 Å². The number of aromatic hydroxyl groups is 1. The van der Waals surface area contributed by atoms with Gasteiger partial charge >= 0.3 is 0 Å². The zero-order valence-electron chi connectivity index (χ0n) is 16.3. The molecule has 150 valence electrons. The lowest BCUT2D eigenvalue weighted by Crippen LogP contribution is -2.47. The Morgan fingerprint density at radius 3 is 2.64 bits per heavy atom. The molecular formula is C22H27FN2O3. The zero-order chi connectivity index (χ0) is 20.1. The quantitative estimate of drug-likeness (QED) is 0.829. The molecule has 1 amide bonds. The maximum atomic E-state index is 13.4. The van der Waals surface area contributed by atoms with E-state index in [1.807, 2.05) is 12.1 Å². The predicted octanol–water partition coefficient (Wildman–Crippen LogP) is 3.14. The topological polar surface area (TPSA) is 53.0 Å². The fourth-order valence-corrected chi connectivity index (χ4v) is 3.73. The summed E-state index contributed by atoms with van der Waals surface area (Å²) in [4.78, 5) is 16.5. The Hall–Kier alpha value is -2.60. The van der Waals surface area contributed by atoms with Gasteiger partial charge in [0.1, 0.15) is 17.3 Å². The molecule has 2 aromatic rings. The van der Waals surface area contributed by atoms with E-state index in [1.165, 1.54) is 12.1 Å². The molecule has 1 heterocycles. The number of rotatable bonds is 6. The standard InChI is InChI=1S/C22H27FN2O3/c1-24(2)22(27)18-10-17(15-28-21-5-3-4-19(23)11-21)13-25(14-18)12-16-6-8-20(26)9-7-16/h3-9,11,17-18,26H,10,12-15H2,1-2H3/t17-,18+/m0/s1. The van der Waals surface area contributed by atoms with Gasteiger partial charge in [-0.1, -0.05) is 18.2 Å². The van der Waals surface area contributed by atoms with Crippen LogP contribution in [0.4, 0.5) is 4.39 Å². The lowest BCUT2D eigenvalue weighted by atomic mass is 9.88. The Morgan fingerprint density at radius 2 is 1.96 bits per heavy atom. The lowest BCUT2D eigenvalue weighted by molar-refractivity contribution is -0.135. The molecule has 5 nitrogen and oxygen atoms in total. The smallest absolute Gasteiger partial charge is 0.226 e. The monoisotopic (exact) mass is 386 g/mol. The summed E-state index contributed by atoms with van der Waals surface area (Å²) in [7, 11) is 3.55. The largest absolute Gasteiger partial charge is 0.508 e. The van der Waals surface area contributed by atoms with Gasteiger partial charge in [0.25, 0.3) is 0 Å². The Bertz CT molecular complexity index is 795. The molecule has 2 aromatic carbocycles. The first kappa shape index (κ1) is 20.1. The first-order valence-corrected chi connectivity index (χ1v) is 9.50. The fourth-order valence-electron chi connectivity index (χ4n) is 3.73. The number of phenols is 1. The molecule has 2 atom stereocenters. The summed E-state index contributed by atoms with van der Waals surface area (Å²) in [6.07, 6.45) is 0.748. The highest BCUT2D eigenvalue weighted by Crippen LogP contribution is 2.26. The van der Waals surface area contributed by atoms with Gasteiger partial charge in [-0.05, 0) is 36.2 Å². The van der Waals surface area contributed by atoms with Crippen LogP contribution in [0.5, 0.6) is 11.5 Å². The minimum Gasteiger partial charge on any atom is -0.508 e. The summed E-state index contributed by atoms with van der Waals surface area (Å²) in [5, 5.41) is 9.47. The second-order valence-corrected chi connectivity index (χ2v) is 7.66. The molecule has 0 radical (unpaired) electrons. The highest BCUT2D eigenvalue weighted by molar-refractivity contribution is 5.78. The molecule has 6 heteroatoms. The van der Waals surface area contributed by atoms with Crippen LogP contribution in [0.1, 0.15) is 12.0 Å². The number of halogens is 1. The number of hydrogen-bond acceptors (Lipinski definition) is 4. The predicted molar refractivity (Wildman–Crippen MR) is 106 cm³/mol. The number of phenolic OH excluding ortho intramolecular Hbond substituents is 1. The minimum absolute atomic E-state index is 0.0954. The van der Waals surface area contributed by atoms with Gasteiger partial charge in [-0.2, -0.15) is 0 Å². The highest BCUT2D eigenvalue weighted by Gasteiger charge is 2.32.